The van der Waals surface area contributed by atoms with E-state index < -0.39 is 0 Å². The maximum absolute atomic E-state index is 6.03. The third kappa shape index (κ3) is 4.11. The van der Waals surface area contributed by atoms with E-state index in [2.05, 4.69) is 36.5 Å². The maximum Gasteiger partial charge on any atom is 0.0720 e. The van der Waals surface area contributed by atoms with Crippen LogP contribution in [0.3, 0.4) is 0 Å². The summed E-state index contributed by atoms with van der Waals surface area (Å²) in [5.74, 6) is 0.892. The first-order chi connectivity index (χ1) is 8.78. The first-order valence-corrected chi connectivity index (χ1v) is 7.12. The number of rotatable bonds is 5. The largest absolute Gasteiger partial charge is 0.374 e. The third-order valence-electron chi connectivity index (χ3n) is 3.82. The van der Waals surface area contributed by atoms with Crippen molar-refractivity contribution in [2.75, 3.05) is 7.05 Å². The lowest BCUT2D eigenvalue weighted by Gasteiger charge is -2.26. The minimum Gasteiger partial charge on any atom is -0.374 e. The topological polar surface area (TPSA) is 21.3 Å². The van der Waals surface area contributed by atoms with Gasteiger partial charge in [0.1, 0.15) is 0 Å². The van der Waals surface area contributed by atoms with Crippen molar-refractivity contribution in [2.24, 2.45) is 5.92 Å². The fourth-order valence-corrected chi connectivity index (χ4v) is 2.64. The Morgan fingerprint density at radius 3 is 2.61 bits per heavy atom. The highest BCUT2D eigenvalue weighted by Crippen LogP contribution is 2.26. The predicted octanol–water partition coefficient (Wildman–Crippen LogP) is 3.50. The van der Waals surface area contributed by atoms with Gasteiger partial charge in [-0.15, -0.1) is 0 Å². The summed E-state index contributed by atoms with van der Waals surface area (Å²) in [5.41, 5.74) is 2.62. The molecule has 0 atom stereocenters. The van der Waals surface area contributed by atoms with Gasteiger partial charge in [-0.3, -0.25) is 0 Å². The van der Waals surface area contributed by atoms with Crippen molar-refractivity contribution in [3.05, 3.63) is 35.4 Å². The van der Waals surface area contributed by atoms with Gasteiger partial charge in [0.05, 0.1) is 12.7 Å². The number of benzene rings is 1. The van der Waals surface area contributed by atoms with E-state index in [-0.39, 0.29) is 0 Å². The monoisotopic (exact) mass is 247 g/mol. The van der Waals surface area contributed by atoms with Crippen LogP contribution in [0.25, 0.3) is 0 Å². The quantitative estimate of drug-likeness (QED) is 0.860. The fraction of sp³-hybridized carbons (Fsp3) is 0.625. The van der Waals surface area contributed by atoms with E-state index >= 15 is 0 Å². The molecule has 2 rings (SSSR count). The molecule has 1 aromatic carbocycles. The average Bonchev–Trinajstić information content (AvgIpc) is 2.39. The van der Waals surface area contributed by atoms with E-state index in [4.69, 9.17) is 4.74 Å². The first kappa shape index (κ1) is 13.6. The molecule has 1 aromatic rings. The van der Waals surface area contributed by atoms with Gasteiger partial charge in [-0.2, -0.15) is 0 Å². The summed E-state index contributed by atoms with van der Waals surface area (Å²) in [6.07, 6.45) is 5.60. The van der Waals surface area contributed by atoms with Crippen LogP contribution in [-0.4, -0.2) is 13.2 Å². The maximum atomic E-state index is 6.03. The van der Waals surface area contributed by atoms with Crippen LogP contribution in [0.15, 0.2) is 24.3 Å². The van der Waals surface area contributed by atoms with E-state index in [1.807, 2.05) is 7.05 Å². The lowest BCUT2D eigenvalue weighted by atomic mass is 9.89. The standard InChI is InChI=1S/C16H25NO/c1-13-6-8-16(9-7-13)18-12-15-5-3-4-14(10-15)11-17-2/h3-5,10,13,16-17H,6-9,11-12H2,1-2H3. The van der Waals surface area contributed by atoms with Gasteiger partial charge in [-0.25, -0.2) is 0 Å². The van der Waals surface area contributed by atoms with Crippen LogP contribution < -0.4 is 5.32 Å². The molecule has 18 heavy (non-hydrogen) atoms. The predicted molar refractivity (Wildman–Crippen MR) is 75.4 cm³/mol. The van der Waals surface area contributed by atoms with Gasteiger partial charge in [0.15, 0.2) is 0 Å². The van der Waals surface area contributed by atoms with Gasteiger partial charge in [0.2, 0.25) is 0 Å². The molecule has 0 bridgehead atoms. The van der Waals surface area contributed by atoms with Crippen LogP contribution in [0.4, 0.5) is 0 Å². The second kappa shape index (κ2) is 6.91. The van der Waals surface area contributed by atoms with Gasteiger partial charge >= 0.3 is 0 Å². The molecule has 0 unspecified atom stereocenters. The Bertz CT molecular complexity index is 356. The van der Waals surface area contributed by atoms with E-state index in [1.165, 1.54) is 36.8 Å². The van der Waals surface area contributed by atoms with Crippen molar-refractivity contribution < 1.29 is 4.74 Å². The zero-order valence-electron chi connectivity index (χ0n) is 11.6. The molecule has 2 heteroatoms. The number of hydrogen-bond donors (Lipinski definition) is 1. The number of ether oxygens (including phenoxy) is 1. The van der Waals surface area contributed by atoms with Gasteiger partial charge in [-0.1, -0.05) is 31.2 Å². The third-order valence-corrected chi connectivity index (χ3v) is 3.82. The van der Waals surface area contributed by atoms with Crippen LogP contribution in [0.5, 0.6) is 0 Å². The molecule has 2 nitrogen and oxygen atoms in total. The van der Waals surface area contributed by atoms with Crippen LogP contribution in [0, 0.1) is 5.92 Å². The molecule has 0 aromatic heterocycles. The molecule has 0 heterocycles. The summed E-state index contributed by atoms with van der Waals surface area (Å²) >= 11 is 0. The Labute approximate surface area is 111 Å². The molecule has 1 aliphatic rings. The van der Waals surface area contributed by atoms with Crippen LogP contribution >= 0.6 is 0 Å². The van der Waals surface area contributed by atoms with E-state index in [0.29, 0.717) is 6.10 Å². The Hall–Kier alpha value is -0.860. The lowest BCUT2D eigenvalue weighted by Crippen LogP contribution is -2.20. The normalized spacial score (nSPS) is 24.1. The molecule has 1 N–H and O–H groups in total. The van der Waals surface area contributed by atoms with Crippen molar-refractivity contribution in [1.82, 2.24) is 5.32 Å². The number of nitrogens with one attached hydrogen (secondary N) is 1. The summed E-state index contributed by atoms with van der Waals surface area (Å²) in [6, 6.07) is 8.67. The minimum absolute atomic E-state index is 0.481. The second-order valence-electron chi connectivity index (χ2n) is 5.54. The zero-order chi connectivity index (χ0) is 12.8. The molecular weight excluding hydrogens is 222 g/mol. The van der Waals surface area contributed by atoms with Crippen molar-refractivity contribution in [3.8, 4) is 0 Å². The van der Waals surface area contributed by atoms with Crippen molar-refractivity contribution in [3.63, 3.8) is 0 Å². The van der Waals surface area contributed by atoms with Gasteiger partial charge in [0, 0.05) is 6.54 Å². The molecule has 0 radical (unpaired) electrons. The van der Waals surface area contributed by atoms with E-state index in [1.54, 1.807) is 0 Å². The first-order valence-electron chi connectivity index (χ1n) is 7.12. The average molecular weight is 247 g/mol. The molecule has 0 aliphatic heterocycles. The number of hydrogen-bond acceptors (Lipinski definition) is 2. The highest BCUT2D eigenvalue weighted by atomic mass is 16.5. The molecule has 0 saturated heterocycles. The fourth-order valence-electron chi connectivity index (χ4n) is 2.64. The van der Waals surface area contributed by atoms with Gasteiger partial charge in [0.25, 0.3) is 0 Å². The summed E-state index contributed by atoms with van der Waals surface area (Å²) in [6.45, 7) is 4.03. The Balaban J connectivity index is 1.80. The second-order valence-corrected chi connectivity index (χ2v) is 5.54. The van der Waals surface area contributed by atoms with Crippen molar-refractivity contribution in [1.29, 1.82) is 0 Å². The lowest BCUT2D eigenvalue weighted by molar-refractivity contribution is 0.00875. The minimum atomic E-state index is 0.481. The SMILES string of the molecule is CNCc1cccc(COC2CCC(C)CC2)c1. The molecule has 100 valence electrons. The summed E-state index contributed by atoms with van der Waals surface area (Å²) in [5, 5.41) is 3.18. The molecule has 1 aliphatic carbocycles. The van der Waals surface area contributed by atoms with E-state index in [0.717, 1.165) is 19.1 Å². The zero-order valence-corrected chi connectivity index (χ0v) is 11.6. The highest BCUT2D eigenvalue weighted by Gasteiger charge is 2.18. The van der Waals surface area contributed by atoms with Crippen molar-refractivity contribution >= 4 is 0 Å². The Kier molecular flexibility index (Phi) is 5.21. The molecular formula is C16H25NO. The summed E-state index contributed by atoms with van der Waals surface area (Å²) < 4.78 is 6.03. The summed E-state index contributed by atoms with van der Waals surface area (Å²) in [7, 11) is 1.98. The van der Waals surface area contributed by atoms with E-state index in [9.17, 15) is 0 Å². The van der Waals surface area contributed by atoms with Crippen LogP contribution in [0.2, 0.25) is 0 Å². The Morgan fingerprint density at radius 1 is 1.17 bits per heavy atom. The van der Waals surface area contributed by atoms with Crippen molar-refractivity contribution in [2.45, 2.75) is 51.9 Å². The molecule has 0 amide bonds. The van der Waals surface area contributed by atoms with Crippen LogP contribution in [-0.2, 0) is 17.9 Å². The van der Waals surface area contributed by atoms with Gasteiger partial charge in [-0.05, 0) is 49.8 Å². The summed E-state index contributed by atoms with van der Waals surface area (Å²) in [4.78, 5) is 0. The molecule has 1 fully saturated rings. The van der Waals surface area contributed by atoms with Crippen LogP contribution in [0.1, 0.15) is 43.7 Å². The smallest absolute Gasteiger partial charge is 0.0720 e. The Morgan fingerprint density at radius 2 is 1.89 bits per heavy atom. The highest BCUT2D eigenvalue weighted by molar-refractivity contribution is 5.22. The molecule has 0 spiro atoms. The molecule has 1 saturated carbocycles. The van der Waals surface area contributed by atoms with Gasteiger partial charge < -0.3 is 10.1 Å².